The Morgan fingerprint density at radius 2 is 1.67 bits per heavy atom. The normalized spacial score (nSPS) is 44.4. The van der Waals surface area contributed by atoms with E-state index in [4.69, 9.17) is 14.2 Å². The van der Waals surface area contributed by atoms with Gasteiger partial charge < -0.3 is 19.3 Å². The van der Waals surface area contributed by atoms with Crippen molar-refractivity contribution >= 4 is 17.9 Å². The lowest BCUT2D eigenvalue weighted by molar-refractivity contribution is -0.218. The van der Waals surface area contributed by atoms with Gasteiger partial charge in [0.05, 0.1) is 13.2 Å². The molecule has 4 aliphatic carbocycles. The maximum Gasteiger partial charge on any atom is 0.305 e. The summed E-state index contributed by atoms with van der Waals surface area (Å²) in [6.07, 6.45) is 6.59. The first kappa shape index (κ1) is 27.4. The Bertz CT molecular complexity index is 857. The first-order valence-corrected chi connectivity index (χ1v) is 14.0. The molecule has 0 amide bonds. The van der Waals surface area contributed by atoms with Gasteiger partial charge in [-0.3, -0.25) is 14.4 Å². The van der Waals surface area contributed by atoms with Crippen molar-refractivity contribution in [3.05, 3.63) is 0 Å². The molecule has 0 aromatic rings. The highest BCUT2D eigenvalue weighted by atomic mass is 16.5. The fraction of sp³-hybridized carbons (Fsp3) is 0.897. The lowest BCUT2D eigenvalue weighted by Gasteiger charge is -2.64. The Morgan fingerprint density at radius 1 is 0.972 bits per heavy atom. The second kappa shape index (κ2) is 10.3. The van der Waals surface area contributed by atoms with Crippen LogP contribution in [0.4, 0.5) is 0 Å². The predicted molar refractivity (Wildman–Crippen MR) is 134 cm³/mol. The Morgan fingerprint density at radius 3 is 2.31 bits per heavy atom. The lowest BCUT2D eigenvalue weighted by Crippen LogP contribution is -2.63. The maximum atomic E-state index is 12.2. The first-order valence-electron chi connectivity index (χ1n) is 14.0. The smallest absolute Gasteiger partial charge is 0.305 e. The van der Waals surface area contributed by atoms with E-state index in [1.54, 1.807) is 0 Å². The van der Waals surface area contributed by atoms with Gasteiger partial charge in [0.25, 0.3) is 0 Å². The highest BCUT2D eigenvalue weighted by Crippen LogP contribution is 2.68. The highest BCUT2D eigenvalue weighted by molar-refractivity contribution is 5.69. The summed E-state index contributed by atoms with van der Waals surface area (Å²) in [5.41, 5.74) is -0.248. The molecular weight excluding hydrogens is 460 g/mol. The van der Waals surface area contributed by atoms with Crippen molar-refractivity contribution in [1.82, 2.24) is 0 Å². The Hall–Kier alpha value is -1.63. The molecule has 4 saturated carbocycles. The average Bonchev–Trinajstić information content (AvgIpc) is 3.16. The van der Waals surface area contributed by atoms with E-state index in [0.717, 1.165) is 44.9 Å². The van der Waals surface area contributed by atoms with Gasteiger partial charge in [-0.2, -0.15) is 0 Å². The maximum absolute atomic E-state index is 12.2. The molecule has 0 spiro atoms. The fourth-order valence-corrected chi connectivity index (χ4v) is 9.42. The van der Waals surface area contributed by atoms with E-state index in [-0.39, 0.29) is 64.6 Å². The number of esters is 3. The van der Waals surface area contributed by atoms with Crippen molar-refractivity contribution in [2.75, 3.05) is 7.11 Å². The first-order chi connectivity index (χ1) is 16.9. The average molecular weight is 507 g/mol. The molecule has 0 heterocycles. The van der Waals surface area contributed by atoms with E-state index in [2.05, 4.69) is 20.8 Å². The van der Waals surface area contributed by atoms with E-state index in [1.165, 1.54) is 21.0 Å². The number of aliphatic hydroxyl groups excluding tert-OH is 1. The van der Waals surface area contributed by atoms with Crippen molar-refractivity contribution in [1.29, 1.82) is 0 Å². The van der Waals surface area contributed by atoms with Gasteiger partial charge in [-0.1, -0.05) is 20.8 Å². The summed E-state index contributed by atoms with van der Waals surface area (Å²) in [6, 6.07) is 0. The van der Waals surface area contributed by atoms with Crippen LogP contribution in [0.5, 0.6) is 0 Å². The fourth-order valence-electron chi connectivity index (χ4n) is 9.42. The van der Waals surface area contributed by atoms with Crippen LogP contribution in [-0.4, -0.2) is 48.4 Å². The van der Waals surface area contributed by atoms with Crippen molar-refractivity contribution in [2.45, 2.75) is 111 Å². The van der Waals surface area contributed by atoms with Crippen LogP contribution in [0.25, 0.3) is 0 Å². The van der Waals surface area contributed by atoms with E-state index >= 15 is 0 Å². The molecule has 11 atom stereocenters. The standard InChI is InChI=1S/C29H46O7/c1-16(7-10-26(33)34-6)21-8-9-22-27-23(15-25(32)29(21,22)5)28(4)12-11-20(35-17(2)30)13-19(28)14-24(27)36-18(3)31/h16,19-25,27,32H,7-15H2,1-6H3/t16-,19+,20-,21+,22-,23-,24+,25-,27-,28-,29+/m0/s1. The molecule has 0 aromatic carbocycles. The SMILES string of the molecule is COC(=O)CC[C@H](C)[C@H]1CC[C@H]2[C@@H]3[C@H](OC(C)=O)C[C@H]4C[C@@H](OC(C)=O)CC[C@]4(C)[C@H]3C[C@H](O)[C@]12C. The van der Waals surface area contributed by atoms with E-state index < -0.39 is 6.10 Å². The monoisotopic (exact) mass is 506 g/mol. The number of fused-ring (bicyclic) bond motifs is 5. The predicted octanol–water partition coefficient (Wildman–Crippen LogP) is 4.68. The zero-order chi connectivity index (χ0) is 26.4. The molecule has 0 bridgehead atoms. The van der Waals surface area contributed by atoms with Crippen LogP contribution in [-0.2, 0) is 28.6 Å². The van der Waals surface area contributed by atoms with Crippen LogP contribution in [0.1, 0.15) is 92.4 Å². The second-order valence-electron chi connectivity index (χ2n) is 12.8. The molecule has 0 radical (unpaired) electrons. The zero-order valence-corrected chi connectivity index (χ0v) is 23.0. The number of carbonyl (C=O) groups excluding carboxylic acids is 3. The van der Waals surface area contributed by atoms with Gasteiger partial charge in [0.2, 0.25) is 0 Å². The molecule has 1 N–H and O–H groups in total. The Balaban J connectivity index is 1.62. The second-order valence-corrected chi connectivity index (χ2v) is 12.8. The van der Waals surface area contributed by atoms with Gasteiger partial charge in [0.1, 0.15) is 12.2 Å². The molecule has 36 heavy (non-hydrogen) atoms. The van der Waals surface area contributed by atoms with E-state index in [9.17, 15) is 19.5 Å². The van der Waals surface area contributed by atoms with Crippen LogP contribution in [0.3, 0.4) is 0 Å². The molecule has 0 saturated heterocycles. The largest absolute Gasteiger partial charge is 0.469 e. The van der Waals surface area contributed by atoms with Crippen LogP contribution >= 0.6 is 0 Å². The van der Waals surface area contributed by atoms with E-state index in [0.29, 0.717) is 24.7 Å². The topological polar surface area (TPSA) is 99.1 Å². The molecule has 0 unspecified atom stereocenters. The summed E-state index contributed by atoms with van der Waals surface area (Å²) in [7, 11) is 1.43. The van der Waals surface area contributed by atoms with Crippen molar-refractivity contribution in [2.24, 2.45) is 46.3 Å². The third-order valence-electron chi connectivity index (χ3n) is 11.2. The molecular formula is C29H46O7. The Labute approximate surface area is 216 Å². The molecule has 4 rings (SSSR count). The number of hydrogen-bond acceptors (Lipinski definition) is 7. The van der Waals surface area contributed by atoms with E-state index in [1.807, 2.05) is 0 Å². The third kappa shape index (κ3) is 4.69. The van der Waals surface area contributed by atoms with Crippen LogP contribution < -0.4 is 0 Å². The van der Waals surface area contributed by atoms with Gasteiger partial charge in [0.15, 0.2) is 0 Å². The summed E-state index contributed by atoms with van der Waals surface area (Å²) >= 11 is 0. The molecule has 204 valence electrons. The van der Waals surface area contributed by atoms with Gasteiger partial charge in [-0.25, -0.2) is 0 Å². The van der Waals surface area contributed by atoms with Crippen LogP contribution in [0, 0.1) is 46.3 Å². The molecule has 4 aliphatic rings. The minimum Gasteiger partial charge on any atom is -0.469 e. The van der Waals surface area contributed by atoms with Crippen LogP contribution in [0.2, 0.25) is 0 Å². The summed E-state index contributed by atoms with van der Waals surface area (Å²) in [6.45, 7) is 9.78. The minimum atomic E-state index is -0.434. The molecule has 0 aliphatic heterocycles. The molecule has 7 heteroatoms. The number of ether oxygens (including phenoxy) is 3. The quantitative estimate of drug-likeness (QED) is 0.412. The highest BCUT2D eigenvalue weighted by Gasteiger charge is 2.66. The van der Waals surface area contributed by atoms with Gasteiger partial charge >= 0.3 is 17.9 Å². The van der Waals surface area contributed by atoms with Crippen molar-refractivity contribution < 1.29 is 33.7 Å². The Kier molecular flexibility index (Phi) is 7.81. The van der Waals surface area contributed by atoms with Gasteiger partial charge in [-0.05, 0) is 91.8 Å². The summed E-state index contributed by atoms with van der Waals surface area (Å²) in [5, 5.41) is 11.8. The van der Waals surface area contributed by atoms with Crippen molar-refractivity contribution in [3.8, 4) is 0 Å². The molecule has 0 aromatic heterocycles. The number of rotatable bonds is 6. The van der Waals surface area contributed by atoms with Gasteiger partial charge in [0, 0.05) is 26.2 Å². The molecule has 7 nitrogen and oxygen atoms in total. The third-order valence-corrected chi connectivity index (χ3v) is 11.2. The summed E-state index contributed by atoms with van der Waals surface area (Å²) in [5.74, 6) is 0.965. The summed E-state index contributed by atoms with van der Waals surface area (Å²) < 4.78 is 16.5. The number of carbonyl (C=O) groups is 3. The van der Waals surface area contributed by atoms with Crippen LogP contribution in [0.15, 0.2) is 0 Å². The zero-order valence-electron chi connectivity index (χ0n) is 23.0. The van der Waals surface area contributed by atoms with Gasteiger partial charge in [-0.15, -0.1) is 0 Å². The summed E-state index contributed by atoms with van der Waals surface area (Å²) in [4.78, 5) is 35.7. The minimum absolute atomic E-state index is 0.0227. The number of aliphatic hydroxyl groups is 1. The molecule has 4 fully saturated rings. The van der Waals surface area contributed by atoms with Crippen molar-refractivity contribution in [3.63, 3.8) is 0 Å². The number of hydrogen-bond donors (Lipinski definition) is 1. The lowest BCUT2D eigenvalue weighted by atomic mass is 9.43. The number of methoxy groups -OCH3 is 1.